The zero-order valence-electron chi connectivity index (χ0n) is 28.9. The monoisotopic (exact) mass is 619 g/mol. The van der Waals surface area contributed by atoms with E-state index in [1.165, 1.54) is 25.3 Å². The second kappa shape index (κ2) is 17.9. The van der Waals surface area contributed by atoms with Crippen LogP contribution in [0.3, 0.4) is 0 Å². The lowest BCUT2D eigenvalue weighted by Gasteiger charge is -2.31. The lowest BCUT2D eigenvalue weighted by Crippen LogP contribution is -2.57. The Kier molecular flexibility index (Phi) is 15.8. The summed E-state index contributed by atoms with van der Waals surface area (Å²) >= 11 is 0. The van der Waals surface area contributed by atoms with Gasteiger partial charge in [0.15, 0.2) is 0 Å². The van der Waals surface area contributed by atoms with Gasteiger partial charge < -0.3 is 20.7 Å². The number of nitrogens with one attached hydrogen (secondary N) is 3. The van der Waals surface area contributed by atoms with Crippen molar-refractivity contribution in [2.75, 3.05) is 21.2 Å². The van der Waals surface area contributed by atoms with E-state index in [1.54, 1.807) is 6.92 Å². The molecule has 44 heavy (non-hydrogen) atoms. The molecule has 11 heteroatoms. The quantitative estimate of drug-likeness (QED) is 0.213. The average molecular weight is 620 g/mol. The first-order chi connectivity index (χ1) is 20.4. The van der Waals surface area contributed by atoms with Gasteiger partial charge in [-0.05, 0) is 57.5 Å². The van der Waals surface area contributed by atoms with E-state index < -0.39 is 53.8 Å². The molecule has 0 aromatic carbocycles. The number of methoxy groups -OCH3 is 1. The van der Waals surface area contributed by atoms with Crippen LogP contribution in [0.2, 0.25) is 0 Å². The predicted molar refractivity (Wildman–Crippen MR) is 172 cm³/mol. The molecule has 250 valence electrons. The fourth-order valence-corrected chi connectivity index (χ4v) is 5.43. The van der Waals surface area contributed by atoms with Crippen molar-refractivity contribution in [3.05, 3.63) is 24.0 Å². The number of hydrogen-bond acceptors (Lipinski definition) is 7. The number of rotatable bonds is 17. The van der Waals surface area contributed by atoms with Crippen LogP contribution in [0.5, 0.6) is 0 Å². The zero-order chi connectivity index (χ0) is 33.9. The summed E-state index contributed by atoms with van der Waals surface area (Å²) in [6.07, 6.45) is 5.72. The molecule has 0 spiro atoms. The summed E-state index contributed by atoms with van der Waals surface area (Å²) in [4.78, 5) is 68.7. The number of likely N-dealkylation sites (N-methyl/N-ethyl adjacent to an activating group) is 1. The standard InChI is InChI=1S/C33H57N5O6/c1-13-22(8)30(37(10)11)33(43)36-25(17-20(4)5)32(42)35-24(16-19(2)3)31(41)34-23(9)14-15-27(39)38-28(40)18-26(44-12)29(38)21(6)7/h14-15,18-25,29-30H,13,16-17H2,1-12H3,(H,34,41)(H,35,42)(H,36,43)/b15-14+/t22-,23-,24-,25-,29-,30-/m0/s1. The van der Waals surface area contributed by atoms with Crippen molar-refractivity contribution in [3.8, 4) is 0 Å². The van der Waals surface area contributed by atoms with Crippen molar-refractivity contribution in [2.45, 2.75) is 112 Å². The molecule has 1 rings (SSSR count). The van der Waals surface area contributed by atoms with Crippen LogP contribution in [0.25, 0.3) is 0 Å². The normalized spacial score (nSPS) is 18.8. The van der Waals surface area contributed by atoms with Crippen molar-refractivity contribution in [3.63, 3.8) is 0 Å². The Morgan fingerprint density at radius 3 is 1.82 bits per heavy atom. The molecule has 0 saturated carbocycles. The van der Waals surface area contributed by atoms with Crippen LogP contribution in [0, 0.1) is 23.7 Å². The van der Waals surface area contributed by atoms with Crippen LogP contribution in [0.4, 0.5) is 0 Å². The number of hydrogen-bond donors (Lipinski definition) is 3. The van der Waals surface area contributed by atoms with Crippen molar-refractivity contribution < 1.29 is 28.7 Å². The summed E-state index contributed by atoms with van der Waals surface area (Å²) in [7, 11) is 5.16. The molecule has 11 nitrogen and oxygen atoms in total. The summed E-state index contributed by atoms with van der Waals surface area (Å²) in [6.45, 7) is 17.4. The van der Waals surface area contributed by atoms with Gasteiger partial charge in [-0.1, -0.05) is 67.9 Å². The van der Waals surface area contributed by atoms with Crippen molar-refractivity contribution in [2.24, 2.45) is 23.7 Å². The second-order valence-corrected chi connectivity index (χ2v) is 13.3. The summed E-state index contributed by atoms with van der Waals surface area (Å²) in [5.74, 6) is -1.30. The highest BCUT2D eigenvalue weighted by Crippen LogP contribution is 2.26. The molecule has 0 bridgehead atoms. The van der Waals surface area contributed by atoms with Crippen molar-refractivity contribution >= 4 is 29.5 Å². The van der Waals surface area contributed by atoms with Crippen molar-refractivity contribution in [1.82, 2.24) is 25.8 Å². The van der Waals surface area contributed by atoms with E-state index in [0.29, 0.717) is 18.6 Å². The van der Waals surface area contributed by atoms with Gasteiger partial charge in [0.1, 0.15) is 17.8 Å². The predicted octanol–water partition coefficient (Wildman–Crippen LogP) is 3.01. The highest BCUT2D eigenvalue weighted by molar-refractivity contribution is 6.07. The van der Waals surface area contributed by atoms with Gasteiger partial charge in [-0.15, -0.1) is 0 Å². The van der Waals surface area contributed by atoms with Gasteiger partial charge in [0, 0.05) is 18.2 Å². The number of nitrogens with zero attached hydrogens (tertiary/aromatic N) is 2. The van der Waals surface area contributed by atoms with Gasteiger partial charge in [-0.3, -0.25) is 33.8 Å². The molecule has 1 aliphatic rings. The molecule has 1 aliphatic heterocycles. The Morgan fingerprint density at radius 1 is 0.886 bits per heavy atom. The first-order valence-electron chi connectivity index (χ1n) is 15.8. The van der Waals surface area contributed by atoms with Crippen LogP contribution in [0.15, 0.2) is 24.0 Å². The Balaban J connectivity index is 3.04. The largest absolute Gasteiger partial charge is 0.499 e. The smallest absolute Gasteiger partial charge is 0.257 e. The Hall–Kier alpha value is -3.21. The third kappa shape index (κ3) is 11.4. The SMILES string of the molecule is CC[C@H](C)[C@@H](C(=O)N[C@@H](CC(C)C)C(=O)N[C@@H](CC(C)C)C(=O)N[C@@H](C)/C=C/C(=O)N1C(=O)C=C(OC)[C@@H]1C(C)C)N(C)C. The summed E-state index contributed by atoms with van der Waals surface area (Å²) in [5.41, 5.74) is 0. The molecule has 0 unspecified atom stereocenters. The van der Waals surface area contributed by atoms with E-state index in [2.05, 4.69) is 16.0 Å². The topological polar surface area (TPSA) is 137 Å². The van der Waals surface area contributed by atoms with Gasteiger partial charge in [0.25, 0.3) is 11.8 Å². The van der Waals surface area contributed by atoms with Crippen molar-refractivity contribution in [1.29, 1.82) is 0 Å². The van der Waals surface area contributed by atoms with Gasteiger partial charge in [-0.2, -0.15) is 0 Å². The van der Waals surface area contributed by atoms with Gasteiger partial charge in [0.2, 0.25) is 17.7 Å². The molecule has 0 aromatic rings. The van der Waals surface area contributed by atoms with Gasteiger partial charge in [0.05, 0.1) is 19.2 Å². The van der Waals surface area contributed by atoms with Crippen LogP contribution in [-0.2, 0) is 28.7 Å². The minimum atomic E-state index is -0.848. The van der Waals surface area contributed by atoms with Gasteiger partial charge in [-0.25, -0.2) is 0 Å². The molecule has 1 heterocycles. The lowest BCUT2D eigenvalue weighted by atomic mass is 9.96. The van der Waals surface area contributed by atoms with E-state index in [0.717, 1.165) is 11.3 Å². The molecule has 0 saturated heterocycles. The number of imide groups is 1. The van der Waals surface area contributed by atoms with Crippen LogP contribution < -0.4 is 16.0 Å². The Labute approximate surface area is 264 Å². The molecule has 0 aliphatic carbocycles. The minimum Gasteiger partial charge on any atom is -0.499 e. The second-order valence-electron chi connectivity index (χ2n) is 13.3. The number of amides is 5. The van der Waals surface area contributed by atoms with Gasteiger partial charge >= 0.3 is 0 Å². The number of carbonyl (C=O) groups excluding carboxylic acids is 5. The zero-order valence-corrected chi connectivity index (χ0v) is 28.9. The Morgan fingerprint density at radius 2 is 1.39 bits per heavy atom. The molecular formula is C33H57N5O6. The molecule has 5 amide bonds. The average Bonchev–Trinajstić information content (AvgIpc) is 3.26. The molecule has 6 atom stereocenters. The highest BCUT2D eigenvalue weighted by Gasteiger charge is 2.39. The Bertz CT molecular complexity index is 1070. The minimum absolute atomic E-state index is 0.0457. The molecular weight excluding hydrogens is 562 g/mol. The summed E-state index contributed by atoms with van der Waals surface area (Å²) in [5, 5.41) is 8.67. The molecule has 3 N–H and O–H groups in total. The van der Waals surface area contributed by atoms with E-state index >= 15 is 0 Å². The fourth-order valence-electron chi connectivity index (χ4n) is 5.43. The summed E-state index contributed by atoms with van der Waals surface area (Å²) < 4.78 is 5.31. The van der Waals surface area contributed by atoms with Crippen LogP contribution >= 0.6 is 0 Å². The van der Waals surface area contributed by atoms with Crippen LogP contribution in [0.1, 0.15) is 81.6 Å². The first-order valence-corrected chi connectivity index (χ1v) is 15.8. The maximum absolute atomic E-state index is 13.5. The van der Waals surface area contributed by atoms with E-state index in [-0.39, 0.29) is 29.6 Å². The summed E-state index contributed by atoms with van der Waals surface area (Å²) in [6, 6.07) is -3.11. The maximum Gasteiger partial charge on any atom is 0.257 e. The highest BCUT2D eigenvalue weighted by atomic mass is 16.5. The number of carbonyl (C=O) groups is 5. The molecule has 0 aromatic heterocycles. The molecule has 0 radical (unpaired) electrons. The lowest BCUT2D eigenvalue weighted by molar-refractivity contribution is -0.140. The van der Waals surface area contributed by atoms with E-state index in [4.69, 9.17) is 4.74 Å². The number of ether oxygens (including phenoxy) is 1. The third-order valence-electron chi connectivity index (χ3n) is 7.76. The fraction of sp³-hybridized carbons (Fsp3) is 0.727. The van der Waals surface area contributed by atoms with Crippen LogP contribution in [-0.4, -0.2) is 90.8 Å². The third-order valence-corrected chi connectivity index (χ3v) is 7.76. The molecule has 0 fully saturated rings. The first kappa shape index (κ1) is 38.8. The van der Waals surface area contributed by atoms with E-state index in [1.807, 2.05) is 74.4 Å². The maximum atomic E-state index is 13.5. The van der Waals surface area contributed by atoms with E-state index in [9.17, 15) is 24.0 Å².